The van der Waals surface area contributed by atoms with Gasteiger partial charge in [0.25, 0.3) is 0 Å². The first-order valence-corrected chi connectivity index (χ1v) is 9.77. The van der Waals surface area contributed by atoms with Gasteiger partial charge in [0.05, 0.1) is 13.7 Å². The molecule has 0 amide bonds. The predicted molar refractivity (Wildman–Crippen MR) is 103 cm³/mol. The van der Waals surface area contributed by atoms with Crippen LogP contribution in [0.15, 0.2) is 24.3 Å². The van der Waals surface area contributed by atoms with Gasteiger partial charge in [-0.3, -0.25) is 4.90 Å². The fourth-order valence-electron chi connectivity index (χ4n) is 4.72. The molecule has 2 aromatic carbocycles. The molecule has 0 fully saturated rings. The number of fused-ring (bicyclic) bond motifs is 7. The van der Waals surface area contributed by atoms with Gasteiger partial charge in [0.15, 0.2) is 11.5 Å². The highest BCUT2D eigenvalue weighted by Crippen LogP contribution is 2.51. The molecule has 7 nitrogen and oxygen atoms in total. The van der Waals surface area contributed by atoms with Gasteiger partial charge in [-0.05, 0) is 59.4 Å². The van der Waals surface area contributed by atoms with Crippen molar-refractivity contribution in [2.24, 2.45) is 0 Å². The van der Waals surface area contributed by atoms with Crippen LogP contribution in [0.2, 0.25) is 0 Å². The molecule has 3 heterocycles. The number of aliphatic hydroxyl groups is 1. The molecule has 0 unspecified atom stereocenters. The van der Waals surface area contributed by atoms with Crippen LogP contribution >= 0.6 is 11.6 Å². The number of carbonyl (C=O) groups excluding carboxylic acids is 1. The van der Waals surface area contributed by atoms with Crippen molar-refractivity contribution in [2.75, 3.05) is 20.6 Å². The van der Waals surface area contributed by atoms with Crippen molar-refractivity contribution in [3.63, 3.8) is 0 Å². The van der Waals surface area contributed by atoms with E-state index in [-0.39, 0.29) is 32.2 Å². The standard InChI is InChI=1S/C21H20ClNO6/c1-26-18-5-11-3-17-15-7-20-19(28-10-29-20)6-12(15)4-16(14(11)2-13(18)8-24)23(17)9-27-21(22)25/h2,5-7,16-17,24H,3-4,8-10H2,1H3/t16-,17-/m0/s1. The van der Waals surface area contributed by atoms with Gasteiger partial charge in [0.2, 0.25) is 6.79 Å². The smallest absolute Gasteiger partial charge is 0.405 e. The zero-order valence-electron chi connectivity index (χ0n) is 15.8. The van der Waals surface area contributed by atoms with Crippen molar-refractivity contribution in [3.05, 3.63) is 52.1 Å². The predicted octanol–water partition coefficient (Wildman–Crippen LogP) is 3.45. The van der Waals surface area contributed by atoms with Crippen LogP contribution in [0.5, 0.6) is 17.2 Å². The minimum atomic E-state index is -0.828. The number of ether oxygens (including phenoxy) is 4. The highest BCUT2D eigenvalue weighted by Gasteiger charge is 2.42. The van der Waals surface area contributed by atoms with Crippen molar-refractivity contribution in [2.45, 2.75) is 31.5 Å². The molecule has 152 valence electrons. The van der Waals surface area contributed by atoms with E-state index in [1.165, 1.54) is 5.56 Å². The Balaban J connectivity index is 1.62. The van der Waals surface area contributed by atoms with Crippen LogP contribution in [0.1, 0.15) is 39.9 Å². The minimum absolute atomic E-state index is 0.00792. The van der Waals surface area contributed by atoms with Crippen molar-refractivity contribution < 1.29 is 28.8 Å². The number of hydrogen-bond acceptors (Lipinski definition) is 7. The Bertz CT molecular complexity index is 994. The van der Waals surface area contributed by atoms with Crippen LogP contribution < -0.4 is 14.2 Å². The Kier molecular flexibility index (Phi) is 4.53. The number of hydrogen-bond donors (Lipinski definition) is 1. The number of nitrogens with zero attached hydrogens (tertiary/aromatic N) is 1. The third-order valence-corrected chi connectivity index (χ3v) is 6.13. The maximum absolute atomic E-state index is 11.3. The summed E-state index contributed by atoms with van der Waals surface area (Å²) >= 11 is 5.44. The molecule has 0 aliphatic carbocycles. The Morgan fingerprint density at radius 3 is 2.45 bits per heavy atom. The van der Waals surface area contributed by atoms with Crippen LogP contribution in [0.25, 0.3) is 0 Å². The first-order valence-electron chi connectivity index (χ1n) is 9.40. The second kappa shape index (κ2) is 7.09. The van der Waals surface area contributed by atoms with Crippen LogP contribution in [0.3, 0.4) is 0 Å². The van der Waals surface area contributed by atoms with Crippen LogP contribution in [-0.2, 0) is 24.2 Å². The van der Waals surface area contributed by atoms with Crippen LogP contribution in [0.4, 0.5) is 4.79 Å². The molecule has 1 N–H and O–H groups in total. The Morgan fingerprint density at radius 1 is 1.14 bits per heavy atom. The summed E-state index contributed by atoms with van der Waals surface area (Å²) in [4.78, 5) is 13.4. The largest absolute Gasteiger partial charge is 0.496 e. The molecular formula is C21H20ClNO6. The molecule has 0 saturated carbocycles. The summed E-state index contributed by atoms with van der Waals surface area (Å²) in [6, 6.07) is 8.03. The highest BCUT2D eigenvalue weighted by molar-refractivity contribution is 6.61. The third-order valence-electron chi connectivity index (χ3n) is 6.02. The average molecular weight is 418 g/mol. The molecule has 2 atom stereocenters. The normalized spacial score (nSPS) is 21.3. The summed E-state index contributed by atoms with van der Waals surface area (Å²) in [5.41, 5.74) is 4.48. The fourth-order valence-corrected chi connectivity index (χ4v) is 4.77. The summed E-state index contributed by atoms with van der Waals surface area (Å²) in [6.45, 7) is 0.196. The average Bonchev–Trinajstić information content (AvgIpc) is 3.17. The molecule has 29 heavy (non-hydrogen) atoms. The van der Waals surface area contributed by atoms with Crippen LogP contribution in [0, 0.1) is 0 Å². The summed E-state index contributed by atoms with van der Waals surface area (Å²) in [5, 5.41) is 9.77. The number of methoxy groups -OCH3 is 1. The van der Waals surface area contributed by atoms with Gasteiger partial charge >= 0.3 is 5.43 Å². The topological polar surface area (TPSA) is 77.5 Å². The van der Waals surface area contributed by atoms with Gasteiger partial charge in [-0.25, -0.2) is 4.79 Å². The zero-order chi connectivity index (χ0) is 20.1. The molecule has 0 spiro atoms. The first-order chi connectivity index (χ1) is 14.1. The number of aliphatic hydroxyl groups excluding tert-OH is 1. The van der Waals surface area contributed by atoms with E-state index in [1.54, 1.807) is 7.11 Å². The fraction of sp³-hybridized carbons (Fsp3) is 0.381. The number of benzene rings is 2. The molecule has 2 aromatic rings. The van der Waals surface area contributed by atoms with Crippen molar-refractivity contribution in [3.8, 4) is 17.2 Å². The lowest BCUT2D eigenvalue weighted by Gasteiger charge is -2.47. The summed E-state index contributed by atoms with van der Waals surface area (Å²) in [5.74, 6) is 2.17. The number of rotatable bonds is 4. The maximum Gasteiger partial charge on any atom is 0.405 e. The number of carbonyl (C=O) groups is 1. The van der Waals surface area contributed by atoms with Crippen LogP contribution in [-0.4, -0.2) is 36.1 Å². The van der Waals surface area contributed by atoms with E-state index in [9.17, 15) is 9.90 Å². The van der Waals surface area contributed by atoms with E-state index >= 15 is 0 Å². The van der Waals surface area contributed by atoms with Gasteiger partial charge in [0.1, 0.15) is 12.5 Å². The molecular weight excluding hydrogens is 398 g/mol. The summed E-state index contributed by atoms with van der Waals surface area (Å²) in [7, 11) is 1.60. The summed E-state index contributed by atoms with van der Waals surface area (Å²) in [6.07, 6.45) is 1.42. The van der Waals surface area contributed by atoms with E-state index < -0.39 is 5.43 Å². The van der Waals surface area contributed by atoms with Gasteiger partial charge in [0, 0.05) is 29.2 Å². The van der Waals surface area contributed by atoms with Crippen molar-refractivity contribution in [1.82, 2.24) is 4.90 Å². The molecule has 0 radical (unpaired) electrons. The molecule has 0 aromatic heterocycles. The SMILES string of the molecule is COc1cc2c(cc1CO)[C@@H]1Cc3cc4c(cc3[C@H](C2)N1COC(=O)Cl)OCO4. The lowest BCUT2D eigenvalue weighted by Crippen LogP contribution is -2.44. The van der Waals surface area contributed by atoms with E-state index in [1.807, 2.05) is 24.3 Å². The number of halogens is 1. The second-order valence-corrected chi connectivity index (χ2v) is 7.70. The molecule has 8 heteroatoms. The van der Waals surface area contributed by atoms with Gasteiger partial charge in [-0.15, -0.1) is 0 Å². The quantitative estimate of drug-likeness (QED) is 0.763. The maximum atomic E-state index is 11.3. The van der Waals surface area contributed by atoms with E-state index in [0.29, 0.717) is 18.6 Å². The molecule has 3 aliphatic heterocycles. The highest BCUT2D eigenvalue weighted by atomic mass is 35.5. The first kappa shape index (κ1) is 18.5. The molecule has 5 rings (SSSR count). The monoisotopic (exact) mass is 417 g/mol. The Morgan fingerprint density at radius 2 is 1.79 bits per heavy atom. The molecule has 0 saturated heterocycles. The summed E-state index contributed by atoms with van der Waals surface area (Å²) < 4.78 is 21.8. The lowest BCUT2D eigenvalue weighted by atomic mass is 9.76. The third kappa shape index (κ3) is 3.01. The van der Waals surface area contributed by atoms with Crippen molar-refractivity contribution >= 4 is 17.0 Å². The lowest BCUT2D eigenvalue weighted by molar-refractivity contribution is 0.00492. The van der Waals surface area contributed by atoms with E-state index in [4.69, 9.17) is 30.5 Å². The van der Waals surface area contributed by atoms with E-state index in [2.05, 4.69) is 4.90 Å². The molecule has 3 aliphatic rings. The van der Waals surface area contributed by atoms with Crippen molar-refractivity contribution in [1.29, 1.82) is 0 Å². The van der Waals surface area contributed by atoms with E-state index in [0.717, 1.165) is 33.8 Å². The second-order valence-electron chi connectivity index (χ2n) is 7.39. The van der Waals surface area contributed by atoms with Gasteiger partial charge < -0.3 is 24.1 Å². The Labute approximate surface area is 172 Å². The molecule has 2 bridgehead atoms. The van der Waals surface area contributed by atoms with Gasteiger partial charge in [-0.2, -0.15) is 0 Å². The minimum Gasteiger partial charge on any atom is -0.496 e. The zero-order valence-corrected chi connectivity index (χ0v) is 16.6. The Hall–Kier alpha value is -2.48. The van der Waals surface area contributed by atoms with Gasteiger partial charge in [-0.1, -0.05) is 0 Å².